The molecule has 0 bridgehead atoms. The Kier molecular flexibility index (Phi) is 7.07. The number of aromatic hydroxyl groups is 1. The first-order valence-electron chi connectivity index (χ1n) is 9.03. The molecule has 158 valence electrons. The number of benzene rings is 2. The second kappa shape index (κ2) is 9.55. The van der Waals surface area contributed by atoms with Crippen molar-refractivity contribution in [1.82, 2.24) is 4.68 Å². The van der Waals surface area contributed by atoms with Crippen molar-refractivity contribution in [2.24, 2.45) is 10.1 Å². The van der Waals surface area contributed by atoms with Crippen LogP contribution in [0, 0.1) is 0 Å². The largest absolute Gasteiger partial charge is 0.502 e. The van der Waals surface area contributed by atoms with Gasteiger partial charge in [0, 0.05) is 27.6 Å². The van der Waals surface area contributed by atoms with Gasteiger partial charge in [0.1, 0.15) is 0 Å². The van der Waals surface area contributed by atoms with Crippen LogP contribution in [0.5, 0.6) is 17.2 Å². The van der Waals surface area contributed by atoms with Gasteiger partial charge < -0.3 is 14.6 Å². The fourth-order valence-corrected chi connectivity index (χ4v) is 4.06. The Balaban J connectivity index is 2.16. The highest BCUT2D eigenvalue weighted by Crippen LogP contribution is 2.36. The van der Waals surface area contributed by atoms with Gasteiger partial charge in [-0.2, -0.15) is 5.10 Å². The summed E-state index contributed by atoms with van der Waals surface area (Å²) in [5, 5.41) is 17.8. The van der Waals surface area contributed by atoms with Crippen LogP contribution in [0.2, 0.25) is 10.0 Å². The number of nitrogens with zero attached hydrogens (tertiary/aromatic N) is 3. The lowest BCUT2D eigenvalue weighted by atomic mass is 10.2. The van der Waals surface area contributed by atoms with Crippen LogP contribution in [0.15, 0.2) is 45.8 Å². The maximum Gasteiger partial charge on any atom is 0.206 e. The minimum Gasteiger partial charge on any atom is -0.502 e. The van der Waals surface area contributed by atoms with Gasteiger partial charge in [-0.1, -0.05) is 23.2 Å². The summed E-state index contributed by atoms with van der Waals surface area (Å²) in [4.78, 5) is 5.37. The zero-order chi connectivity index (χ0) is 21.8. The molecule has 0 saturated carbocycles. The highest BCUT2D eigenvalue weighted by molar-refractivity contribution is 7.07. The normalized spacial score (nSPS) is 12.2. The summed E-state index contributed by atoms with van der Waals surface area (Å²) in [6.45, 7) is 3.99. The van der Waals surface area contributed by atoms with Crippen LogP contribution in [0.4, 0.5) is 0 Å². The third-order valence-electron chi connectivity index (χ3n) is 4.08. The molecule has 0 aliphatic rings. The van der Waals surface area contributed by atoms with E-state index in [1.54, 1.807) is 41.2 Å². The Bertz CT molecular complexity index is 1130. The zero-order valence-electron chi connectivity index (χ0n) is 16.9. The molecule has 1 aromatic heterocycles. The number of hydrogen-bond acceptors (Lipinski definition) is 6. The van der Waals surface area contributed by atoms with Gasteiger partial charge in [-0.05, 0) is 44.2 Å². The first-order valence-corrected chi connectivity index (χ1v) is 10.7. The first kappa shape index (κ1) is 22.2. The van der Waals surface area contributed by atoms with Crippen molar-refractivity contribution in [3.05, 3.63) is 56.1 Å². The van der Waals surface area contributed by atoms with Crippen molar-refractivity contribution in [2.75, 3.05) is 14.2 Å². The summed E-state index contributed by atoms with van der Waals surface area (Å²) in [6.07, 6.45) is 1.64. The van der Waals surface area contributed by atoms with E-state index in [0.29, 0.717) is 20.4 Å². The van der Waals surface area contributed by atoms with Crippen molar-refractivity contribution in [3.8, 4) is 28.5 Å². The Morgan fingerprint density at radius 1 is 1.10 bits per heavy atom. The highest BCUT2D eigenvalue weighted by atomic mass is 35.5. The van der Waals surface area contributed by atoms with Gasteiger partial charge in [-0.3, -0.25) is 4.99 Å². The maximum atomic E-state index is 10.1. The van der Waals surface area contributed by atoms with E-state index in [9.17, 15) is 5.11 Å². The molecule has 0 aliphatic heterocycles. The van der Waals surface area contributed by atoms with E-state index >= 15 is 0 Å². The third kappa shape index (κ3) is 4.80. The lowest BCUT2D eigenvalue weighted by Crippen LogP contribution is -2.14. The lowest BCUT2D eigenvalue weighted by molar-refractivity contribution is 0.340. The number of rotatable bonds is 6. The fraction of sp³-hybridized carbons (Fsp3) is 0.238. The first-order chi connectivity index (χ1) is 14.3. The predicted octanol–water partition coefficient (Wildman–Crippen LogP) is 5.44. The predicted molar refractivity (Wildman–Crippen MR) is 123 cm³/mol. The summed E-state index contributed by atoms with van der Waals surface area (Å²) < 4.78 is 12.1. The average molecular weight is 466 g/mol. The Morgan fingerprint density at radius 2 is 1.77 bits per heavy atom. The van der Waals surface area contributed by atoms with Gasteiger partial charge in [0.15, 0.2) is 11.5 Å². The number of phenols is 1. The molecule has 0 amide bonds. The molecule has 6 nitrogen and oxygen atoms in total. The molecule has 3 rings (SSSR count). The van der Waals surface area contributed by atoms with Gasteiger partial charge in [-0.25, -0.2) is 4.68 Å². The number of phenolic OH excluding ortho intramolecular Hbond substituents is 1. The number of thiazole rings is 1. The van der Waals surface area contributed by atoms with Gasteiger partial charge in [-0.15, -0.1) is 11.3 Å². The number of methoxy groups -OCH3 is 2. The van der Waals surface area contributed by atoms with Gasteiger partial charge in [0.2, 0.25) is 10.6 Å². The molecule has 0 saturated heterocycles. The number of halogens is 2. The molecule has 30 heavy (non-hydrogen) atoms. The van der Waals surface area contributed by atoms with Gasteiger partial charge in [0.05, 0.1) is 31.2 Å². The van der Waals surface area contributed by atoms with E-state index in [-0.39, 0.29) is 23.3 Å². The molecule has 2 aromatic carbocycles. The van der Waals surface area contributed by atoms with Crippen LogP contribution in [-0.4, -0.2) is 36.3 Å². The smallest absolute Gasteiger partial charge is 0.206 e. The average Bonchev–Trinajstić information content (AvgIpc) is 3.10. The standard InChI is InChI=1S/C21H21Cl2N3O3S/c1-12(2)25-21-26(17(11-30-21)15-9-14(22)5-6-16(15)23)24-10-13-7-18(28-3)20(27)19(8-13)29-4/h5-12,27H,1-4H3. The lowest BCUT2D eigenvalue weighted by Gasteiger charge is -2.10. The quantitative estimate of drug-likeness (QED) is 0.492. The van der Waals surface area contributed by atoms with Crippen molar-refractivity contribution in [2.45, 2.75) is 19.9 Å². The highest BCUT2D eigenvalue weighted by Gasteiger charge is 2.13. The summed E-state index contributed by atoms with van der Waals surface area (Å²) in [5.74, 6) is 0.509. The van der Waals surface area contributed by atoms with Crippen LogP contribution in [-0.2, 0) is 0 Å². The van der Waals surface area contributed by atoms with Crippen LogP contribution >= 0.6 is 34.5 Å². The summed E-state index contributed by atoms with van der Waals surface area (Å²) in [5.41, 5.74) is 2.20. The Hall–Kier alpha value is -2.48. The SMILES string of the molecule is COc1cc(C=Nn2c(-c3cc(Cl)ccc3Cl)csc2=NC(C)C)cc(OC)c1O. The number of ether oxygens (including phenoxy) is 2. The van der Waals surface area contributed by atoms with Crippen molar-refractivity contribution in [1.29, 1.82) is 0 Å². The van der Waals surface area contributed by atoms with E-state index in [0.717, 1.165) is 11.3 Å². The minimum atomic E-state index is -0.0674. The molecule has 0 radical (unpaired) electrons. The molecule has 0 aliphatic carbocycles. The molecule has 1 N–H and O–H groups in total. The fourth-order valence-electron chi connectivity index (χ4n) is 2.71. The molecule has 9 heteroatoms. The third-order valence-corrected chi connectivity index (χ3v) is 5.48. The van der Waals surface area contributed by atoms with Crippen LogP contribution in [0.3, 0.4) is 0 Å². The van der Waals surface area contributed by atoms with Crippen molar-refractivity contribution >= 4 is 40.8 Å². The van der Waals surface area contributed by atoms with Crippen molar-refractivity contribution in [3.63, 3.8) is 0 Å². The summed E-state index contributed by atoms with van der Waals surface area (Å²) in [6, 6.07) is 8.70. The van der Waals surface area contributed by atoms with Crippen molar-refractivity contribution < 1.29 is 14.6 Å². The van der Waals surface area contributed by atoms with Crippen LogP contribution in [0.25, 0.3) is 11.3 Å². The second-order valence-corrected chi connectivity index (χ2v) is 8.26. The van der Waals surface area contributed by atoms with Gasteiger partial charge in [0.25, 0.3) is 0 Å². The number of hydrogen-bond donors (Lipinski definition) is 1. The molecule has 0 unspecified atom stereocenters. The number of aromatic nitrogens is 1. The monoisotopic (exact) mass is 465 g/mol. The van der Waals surface area contributed by atoms with E-state index in [1.165, 1.54) is 25.6 Å². The molecule has 0 atom stereocenters. The second-order valence-electron chi connectivity index (χ2n) is 6.58. The molecule has 0 fully saturated rings. The van der Waals surface area contributed by atoms with Crippen LogP contribution < -0.4 is 14.3 Å². The summed E-state index contributed by atoms with van der Waals surface area (Å²) in [7, 11) is 2.95. The zero-order valence-corrected chi connectivity index (χ0v) is 19.2. The van der Waals surface area contributed by atoms with E-state index in [1.807, 2.05) is 19.2 Å². The minimum absolute atomic E-state index is 0.0674. The van der Waals surface area contributed by atoms with E-state index in [2.05, 4.69) is 10.1 Å². The molecule has 0 spiro atoms. The molecule has 3 aromatic rings. The topological polar surface area (TPSA) is 68.3 Å². The molecule has 1 heterocycles. The Labute approximate surface area is 188 Å². The van der Waals surface area contributed by atoms with E-state index < -0.39 is 0 Å². The summed E-state index contributed by atoms with van der Waals surface area (Å²) >= 11 is 14.1. The van der Waals surface area contributed by atoms with Gasteiger partial charge >= 0.3 is 0 Å². The Morgan fingerprint density at radius 3 is 2.37 bits per heavy atom. The molecular formula is C21H21Cl2N3O3S. The van der Waals surface area contributed by atoms with E-state index in [4.69, 9.17) is 32.7 Å². The maximum absolute atomic E-state index is 10.1. The van der Waals surface area contributed by atoms with Crippen LogP contribution in [0.1, 0.15) is 19.4 Å². The molecular weight excluding hydrogens is 445 g/mol.